The van der Waals surface area contributed by atoms with E-state index in [1.54, 1.807) is 4.90 Å². The van der Waals surface area contributed by atoms with Crippen molar-refractivity contribution in [2.24, 2.45) is 10.8 Å². The minimum Gasteiger partial charge on any atom is -0.444 e. The van der Waals surface area contributed by atoms with Crippen LogP contribution in [-0.4, -0.2) is 40.9 Å². The Morgan fingerprint density at radius 3 is 2.39 bits per heavy atom. The molecular weight excluding hydrogens is 230 g/mol. The lowest BCUT2D eigenvalue weighted by Crippen LogP contribution is -2.41. The fourth-order valence-corrected chi connectivity index (χ4v) is 3.20. The summed E-state index contributed by atoms with van der Waals surface area (Å²) in [5, 5.41) is 9.46. The van der Waals surface area contributed by atoms with Crippen molar-refractivity contribution in [1.29, 1.82) is 0 Å². The first kappa shape index (κ1) is 13.7. The molecule has 1 saturated heterocycles. The van der Waals surface area contributed by atoms with E-state index in [1.165, 1.54) is 0 Å². The van der Waals surface area contributed by atoms with Crippen LogP contribution in [-0.2, 0) is 4.74 Å². The van der Waals surface area contributed by atoms with Crippen molar-refractivity contribution in [3.8, 4) is 0 Å². The van der Waals surface area contributed by atoms with Crippen LogP contribution in [0.25, 0.3) is 0 Å². The van der Waals surface area contributed by atoms with Crippen LogP contribution in [0, 0.1) is 10.8 Å². The second-order valence-electron chi connectivity index (χ2n) is 7.49. The number of nitrogens with zero attached hydrogens (tertiary/aromatic N) is 1. The maximum atomic E-state index is 12.1. The fourth-order valence-electron chi connectivity index (χ4n) is 3.20. The number of likely N-dealkylation sites (tertiary alicyclic amines) is 1. The Kier molecular flexibility index (Phi) is 2.93. The van der Waals surface area contributed by atoms with Gasteiger partial charge in [-0.25, -0.2) is 4.79 Å². The van der Waals surface area contributed by atoms with Crippen LogP contribution in [0.5, 0.6) is 0 Å². The first-order valence-electron chi connectivity index (χ1n) is 6.71. The van der Waals surface area contributed by atoms with Gasteiger partial charge in [-0.15, -0.1) is 0 Å². The van der Waals surface area contributed by atoms with Crippen LogP contribution >= 0.6 is 0 Å². The minimum atomic E-state index is -0.480. The number of amides is 1. The summed E-state index contributed by atoms with van der Waals surface area (Å²) >= 11 is 0. The molecule has 18 heavy (non-hydrogen) atoms. The lowest BCUT2D eigenvalue weighted by Gasteiger charge is -2.27. The highest BCUT2D eigenvalue weighted by atomic mass is 16.6. The quantitative estimate of drug-likeness (QED) is 0.782. The number of carbonyl (C=O) groups is 1. The van der Waals surface area contributed by atoms with Crippen molar-refractivity contribution in [1.82, 2.24) is 4.90 Å². The standard InChI is InChI=1S/C14H25NO3/c1-12(2,3)18-11(17)15-9-14(6-10(15)7-16)8-13(14,4)5/h10,16H,6-9H2,1-5H3. The molecule has 0 aromatic carbocycles. The largest absolute Gasteiger partial charge is 0.444 e. The number of hydrogen-bond acceptors (Lipinski definition) is 3. The van der Waals surface area contributed by atoms with E-state index in [9.17, 15) is 9.90 Å². The van der Waals surface area contributed by atoms with Crippen LogP contribution in [0.1, 0.15) is 47.5 Å². The summed E-state index contributed by atoms with van der Waals surface area (Å²) in [7, 11) is 0. The van der Waals surface area contributed by atoms with Gasteiger partial charge >= 0.3 is 6.09 Å². The van der Waals surface area contributed by atoms with Crippen molar-refractivity contribution in [2.75, 3.05) is 13.2 Å². The molecule has 1 aliphatic carbocycles. The molecule has 0 aromatic heterocycles. The molecule has 104 valence electrons. The Morgan fingerprint density at radius 1 is 1.44 bits per heavy atom. The average Bonchev–Trinajstić information content (AvgIpc) is 2.54. The summed E-state index contributed by atoms with van der Waals surface area (Å²) in [5.41, 5.74) is 0.0143. The third-order valence-electron chi connectivity index (χ3n) is 4.47. The first-order valence-corrected chi connectivity index (χ1v) is 6.71. The smallest absolute Gasteiger partial charge is 0.410 e. The minimum absolute atomic E-state index is 0.0249. The van der Waals surface area contributed by atoms with E-state index in [0.29, 0.717) is 0 Å². The highest BCUT2D eigenvalue weighted by Gasteiger charge is 2.66. The van der Waals surface area contributed by atoms with Crippen molar-refractivity contribution >= 4 is 6.09 Å². The molecule has 1 spiro atoms. The van der Waals surface area contributed by atoms with Gasteiger partial charge in [-0.3, -0.25) is 0 Å². The summed E-state index contributed by atoms with van der Waals surface area (Å²) in [4.78, 5) is 13.9. The molecular formula is C14H25NO3. The van der Waals surface area contributed by atoms with Gasteiger partial charge in [0.1, 0.15) is 5.60 Å². The highest BCUT2D eigenvalue weighted by molar-refractivity contribution is 5.69. The summed E-state index contributed by atoms with van der Waals surface area (Å²) in [5.74, 6) is 0. The summed E-state index contributed by atoms with van der Waals surface area (Å²) in [6.07, 6.45) is 1.74. The normalized spacial score (nSPS) is 33.9. The highest BCUT2D eigenvalue weighted by Crippen LogP contribution is 2.68. The van der Waals surface area contributed by atoms with E-state index in [2.05, 4.69) is 13.8 Å². The van der Waals surface area contributed by atoms with E-state index in [4.69, 9.17) is 4.74 Å². The van der Waals surface area contributed by atoms with Gasteiger partial charge in [0, 0.05) is 6.54 Å². The Balaban J connectivity index is 2.07. The van der Waals surface area contributed by atoms with E-state index < -0.39 is 5.60 Å². The molecule has 1 heterocycles. The number of aliphatic hydroxyl groups is 1. The zero-order valence-corrected chi connectivity index (χ0v) is 12.1. The number of carbonyl (C=O) groups excluding carboxylic acids is 1. The topological polar surface area (TPSA) is 49.8 Å². The maximum Gasteiger partial charge on any atom is 0.410 e. The molecule has 4 heteroatoms. The van der Waals surface area contributed by atoms with Gasteiger partial charge in [0.05, 0.1) is 12.6 Å². The Labute approximate surface area is 109 Å². The number of aliphatic hydroxyl groups excluding tert-OH is 1. The molecule has 1 saturated carbocycles. The zero-order valence-electron chi connectivity index (χ0n) is 12.1. The second-order valence-corrected chi connectivity index (χ2v) is 7.49. The van der Waals surface area contributed by atoms with Gasteiger partial charge in [-0.1, -0.05) is 13.8 Å². The maximum absolute atomic E-state index is 12.1. The van der Waals surface area contributed by atoms with E-state index in [0.717, 1.165) is 19.4 Å². The van der Waals surface area contributed by atoms with Crippen LogP contribution in [0.2, 0.25) is 0 Å². The molecule has 0 radical (unpaired) electrons. The SMILES string of the molecule is CC(C)(C)OC(=O)N1CC2(CC1CO)CC2(C)C. The zero-order chi connectivity index (χ0) is 13.8. The number of ether oxygens (including phenoxy) is 1. The molecule has 0 bridgehead atoms. The van der Waals surface area contributed by atoms with Gasteiger partial charge in [0.25, 0.3) is 0 Å². The molecule has 2 atom stereocenters. The summed E-state index contributed by atoms with van der Waals surface area (Å²) in [6, 6.07) is -0.0818. The number of hydrogen-bond donors (Lipinski definition) is 1. The Bertz CT molecular complexity index is 359. The monoisotopic (exact) mass is 255 g/mol. The number of rotatable bonds is 1. The van der Waals surface area contributed by atoms with Crippen molar-refractivity contribution in [2.45, 2.75) is 59.1 Å². The summed E-state index contributed by atoms with van der Waals surface area (Å²) < 4.78 is 5.42. The Morgan fingerprint density at radius 2 is 2.00 bits per heavy atom. The van der Waals surface area contributed by atoms with Gasteiger partial charge in [0.15, 0.2) is 0 Å². The average molecular weight is 255 g/mol. The van der Waals surface area contributed by atoms with Gasteiger partial charge in [-0.05, 0) is 44.4 Å². The predicted molar refractivity (Wildman–Crippen MR) is 69.3 cm³/mol. The van der Waals surface area contributed by atoms with Crippen molar-refractivity contribution in [3.05, 3.63) is 0 Å². The van der Waals surface area contributed by atoms with Crippen molar-refractivity contribution < 1.29 is 14.6 Å². The van der Waals surface area contributed by atoms with Gasteiger partial charge < -0.3 is 14.7 Å². The third kappa shape index (κ3) is 2.22. The van der Waals surface area contributed by atoms with E-state index in [-0.39, 0.29) is 29.6 Å². The lowest BCUT2D eigenvalue weighted by molar-refractivity contribution is 0.0169. The summed E-state index contributed by atoms with van der Waals surface area (Å²) in [6.45, 7) is 10.8. The van der Waals surface area contributed by atoms with Crippen LogP contribution in [0.4, 0.5) is 4.79 Å². The van der Waals surface area contributed by atoms with Crippen molar-refractivity contribution in [3.63, 3.8) is 0 Å². The molecule has 2 unspecified atom stereocenters. The molecule has 2 rings (SSSR count). The van der Waals surface area contributed by atoms with Crippen LogP contribution in [0.3, 0.4) is 0 Å². The van der Waals surface area contributed by atoms with E-state index in [1.807, 2.05) is 20.8 Å². The lowest BCUT2D eigenvalue weighted by atomic mass is 9.93. The molecule has 1 N–H and O–H groups in total. The van der Waals surface area contributed by atoms with E-state index >= 15 is 0 Å². The Hall–Kier alpha value is -0.770. The third-order valence-corrected chi connectivity index (χ3v) is 4.47. The van der Waals surface area contributed by atoms with Gasteiger partial charge in [-0.2, -0.15) is 0 Å². The van der Waals surface area contributed by atoms with Crippen LogP contribution < -0.4 is 0 Å². The molecule has 1 aliphatic heterocycles. The van der Waals surface area contributed by atoms with Crippen LogP contribution in [0.15, 0.2) is 0 Å². The first-order chi connectivity index (χ1) is 8.10. The predicted octanol–water partition coefficient (Wildman–Crippen LogP) is 2.40. The second kappa shape index (κ2) is 3.86. The molecule has 2 aliphatic rings. The molecule has 4 nitrogen and oxygen atoms in total. The fraction of sp³-hybridized carbons (Fsp3) is 0.929. The molecule has 0 aromatic rings. The van der Waals surface area contributed by atoms with Gasteiger partial charge in [0.2, 0.25) is 0 Å². The molecule has 2 fully saturated rings. The molecule has 1 amide bonds.